The molecule has 0 atom stereocenters. The first kappa shape index (κ1) is 15.1. The van der Waals surface area contributed by atoms with E-state index in [-0.39, 0.29) is 0 Å². The van der Waals surface area contributed by atoms with Crippen LogP contribution in [-0.2, 0) is 0 Å². The summed E-state index contributed by atoms with van der Waals surface area (Å²) in [6.07, 6.45) is 7.61. The fraction of sp³-hybridized carbons (Fsp3) is 0.0588. The van der Waals surface area contributed by atoms with Gasteiger partial charge in [-0.05, 0) is 36.6 Å². The Bertz CT molecular complexity index is 954. The van der Waals surface area contributed by atoms with Gasteiger partial charge in [0.1, 0.15) is 11.3 Å². The highest BCUT2D eigenvalue weighted by atomic mass is 35.5. The minimum absolute atomic E-state index is 0.549. The number of benzene rings is 1. The Labute approximate surface area is 148 Å². The highest BCUT2D eigenvalue weighted by molar-refractivity contribution is 6.39. The zero-order valence-corrected chi connectivity index (χ0v) is 14.0. The molecule has 24 heavy (non-hydrogen) atoms. The van der Waals surface area contributed by atoms with Crippen molar-refractivity contribution in [2.45, 2.75) is 0 Å². The number of hydrogen-bond acceptors (Lipinski definition) is 4. The predicted octanol–water partition coefficient (Wildman–Crippen LogP) is 4.34. The Balaban J connectivity index is 1.80. The van der Waals surface area contributed by atoms with Crippen molar-refractivity contribution in [2.24, 2.45) is 0 Å². The lowest BCUT2D eigenvalue weighted by molar-refractivity contribution is 0.958. The van der Waals surface area contributed by atoms with Gasteiger partial charge in [0.15, 0.2) is 5.82 Å². The number of nitrogens with one attached hydrogen (secondary N) is 3. The van der Waals surface area contributed by atoms with Gasteiger partial charge < -0.3 is 15.6 Å². The van der Waals surface area contributed by atoms with Crippen LogP contribution in [0.25, 0.3) is 22.4 Å². The van der Waals surface area contributed by atoms with Crippen molar-refractivity contribution in [3.63, 3.8) is 0 Å². The fourth-order valence-corrected chi connectivity index (χ4v) is 3.13. The highest BCUT2D eigenvalue weighted by Gasteiger charge is 2.15. The van der Waals surface area contributed by atoms with E-state index in [1.807, 2.05) is 24.4 Å². The van der Waals surface area contributed by atoms with Gasteiger partial charge in [0.05, 0.1) is 21.1 Å². The van der Waals surface area contributed by atoms with Crippen LogP contribution in [0.1, 0.15) is 0 Å². The first-order valence-corrected chi connectivity index (χ1v) is 8.14. The van der Waals surface area contributed by atoms with Gasteiger partial charge in [-0.15, -0.1) is 0 Å². The van der Waals surface area contributed by atoms with Crippen LogP contribution in [0.15, 0.2) is 54.5 Å². The summed E-state index contributed by atoms with van der Waals surface area (Å²) in [4.78, 5) is 12.3. The Morgan fingerprint density at radius 1 is 1.12 bits per heavy atom. The number of anilines is 1. The van der Waals surface area contributed by atoms with E-state index in [1.165, 1.54) is 0 Å². The molecule has 120 valence electrons. The molecule has 3 N–H and O–H groups in total. The SMILES string of the molecule is Clc1cccc(Cl)c1-c1nc2c(NC3=CCNC=C3)nccc2[nH]1. The van der Waals surface area contributed by atoms with Crippen LogP contribution in [0.3, 0.4) is 0 Å². The van der Waals surface area contributed by atoms with Crippen LogP contribution in [-0.4, -0.2) is 21.5 Å². The molecule has 0 saturated heterocycles. The number of aromatic nitrogens is 3. The van der Waals surface area contributed by atoms with E-state index < -0.39 is 0 Å². The van der Waals surface area contributed by atoms with Crippen LogP contribution < -0.4 is 10.6 Å². The molecule has 0 bridgehead atoms. The van der Waals surface area contributed by atoms with E-state index in [1.54, 1.807) is 24.4 Å². The molecule has 1 aromatic carbocycles. The summed E-state index contributed by atoms with van der Waals surface area (Å²) < 4.78 is 0. The number of hydrogen-bond donors (Lipinski definition) is 3. The molecule has 1 aliphatic rings. The summed E-state index contributed by atoms with van der Waals surface area (Å²) in [5.74, 6) is 1.29. The second kappa shape index (κ2) is 6.19. The summed E-state index contributed by atoms with van der Waals surface area (Å²) >= 11 is 12.6. The normalized spacial score (nSPS) is 13.7. The highest BCUT2D eigenvalue weighted by Crippen LogP contribution is 2.34. The van der Waals surface area contributed by atoms with Crippen molar-refractivity contribution in [3.05, 3.63) is 64.6 Å². The molecule has 3 aromatic rings. The van der Waals surface area contributed by atoms with Gasteiger partial charge in [0.25, 0.3) is 0 Å². The maximum atomic E-state index is 6.29. The van der Waals surface area contributed by atoms with Gasteiger partial charge in [-0.2, -0.15) is 0 Å². The number of fused-ring (bicyclic) bond motifs is 1. The van der Waals surface area contributed by atoms with Crippen molar-refractivity contribution in [3.8, 4) is 11.4 Å². The first-order valence-electron chi connectivity index (χ1n) is 7.38. The molecule has 2 aromatic heterocycles. The molecule has 0 saturated carbocycles. The van der Waals surface area contributed by atoms with Crippen molar-refractivity contribution in [1.29, 1.82) is 0 Å². The van der Waals surface area contributed by atoms with Crippen LogP contribution in [0.5, 0.6) is 0 Å². The lowest BCUT2D eigenvalue weighted by Crippen LogP contribution is -2.12. The van der Waals surface area contributed by atoms with E-state index in [2.05, 4.69) is 25.6 Å². The van der Waals surface area contributed by atoms with E-state index >= 15 is 0 Å². The lowest BCUT2D eigenvalue weighted by Gasteiger charge is -2.10. The molecule has 3 heterocycles. The Hall–Kier alpha value is -2.50. The molecule has 0 aliphatic carbocycles. The monoisotopic (exact) mass is 357 g/mol. The molecule has 7 heteroatoms. The lowest BCUT2D eigenvalue weighted by atomic mass is 10.2. The zero-order chi connectivity index (χ0) is 16.5. The summed E-state index contributed by atoms with van der Waals surface area (Å²) in [6.45, 7) is 0.774. The number of aromatic amines is 1. The van der Waals surface area contributed by atoms with Crippen LogP contribution in [0.2, 0.25) is 10.0 Å². The Morgan fingerprint density at radius 3 is 2.71 bits per heavy atom. The Kier molecular flexibility index (Phi) is 3.88. The fourth-order valence-electron chi connectivity index (χ4n) is 2.55. The van der Waals surface area contributed by atoms with Gasteiger partial charge in [0.2, 0.25) is 0 Å². The second-order valence-corrected chi connectivity index (χ2v) is 6.08. The maximum absolute atomic E-state index is 6.29. The smallest absolute Gasteiger partial charge is 0.158 e. The summed E-state index contributed by atoms with van der Waals surface area (Å²) in [6, 6.07) is 7.26. The van der Waals surface area contributed by atoms with Crippen molar-refractivity contribution in [1.82, 2.24) is 20.3 Å². The number of imidazole rings is 1. The number of halogens is 2. The number of rotatable bonds is 3. The van der Waals surface area contributed by atoms with Gasteiger partial charge >= 0.3 is 0 Å². The average Bonchev–Trinajstić information content (AvgIpc) is 3.00. The predicted molar refractivity (Wildman–Crippen MR) is 98.2 cm³/mol. The van der Waals surface area contributed by atoms with Crippen LogP contribution in [0, 0.1) is 0 Å². The summed E-state index contributed by atoms with van der Waals surface area (Å²) in [5.41, 5.74) is 3.24. The molecule has 5 nitrogen and oxygen atoms in total. The molecule has 0 unspecified atom stereocenters. The van der Waals surface area contributed by atoms with Crippen molar-refractivity contribution in [2.75, 3.05) is 11.9 Å². The van der Waals surface area contributed by atoms with E-state index in [0.717, 1.165) is 23.3 Å². The molecule has 0 fully saturated rings. The van der Waals surface area contributed by atoms with Gasteiger partial charge in [0, 0.05) is 18.4 Å². The molecular weight excluding hydrogens is 345 g/mol. The third kappa shape index (κ3) is 2.72. The van der Waals surface area contributed by atoms with E-state index in [9.17, 15) is 0 Å². The third-order valence-electron chi connectivity index (χ3n) is 3.68. The van der Waals surface area contributed by atoms with Crippen LogP contribution >= 0.6 is 23.2 Å². The Morgan fingerprint density at radius 2 is 1.96 bits per heavy atom. The second-order valence-electron chi connectivity index (χ2n) is 5.26. The number of nitrogens with zero attached hydrogens (tertiary/aromatic N) is 2. The van der Waals surface area contributed by atoms with Crippen LogP contribution in [0.4, 0.5) is 5.82 Å². The number of H-pyrrole nitrogens is 1. The van der Waals surface area contributed by atoms with E-state index in [4.69, 9.17) is 23.2 Å². The van der Waals surface area contributed by atoms with Crippen molar-refractivity contribution >= 4 is 40.1 Å². The topological polar surface area (TPSA) is 65.6 Å². The van der Waals surface area contributed by atoms with Gasteiger partial charge in [-0.1, -0.05) is 29.3 Å². The molecule has 0 radical (unpaired) electrons. The summed E-state index contributed by atoms with van der Waals surface area (Å²) in [7, 11) is 0. The molecule has 1 aliphatic heterocycles. The average molecular weight is 358 g/mol. The third-order valence-corrected chi connectivity index (χ3v) is 4.31. The van der Waals surface area contributed by atoms with Gasteiger partial charge in [-0.3, -0.25) is 0 Å². The quantitative estimate of drug-likeness (QED) is 0.652. The molecule has 0 amide bonds. The van der Waals surface area contributed by atoms with Gasteiger partial charge in [-0.25, -0.2) is 9.97 Å². The number of pyridine rings is 1. The minimum atomic E-state index is 0.549. The van der Waals surface area contributed by atoms with Crippen molar-refractivity contribution < 1.29 is 0 Å². The largest absolute Gasteiger partial charge is 0.387 e. The first-order chi connectivity index (χ1) is 11.7. The standard InChI is InChI=1S/C17H13Cl2N5/c18-11-2-1-3-12(19)14(11)16-23-13-6-9-21-17(15(13)24-16)22-10-4-7-20-8-5-10/h1-7,9,20H,8H2,(H,21,22)(H,23,24). The number of dihydropyridines is 1. The van der Waals surface area contributed by atoms with E-state index in [0.29, 0.717) is 27.3 Å². The number of allylic oxidation sites excluding steroid dienone is 1. The summed E-state index contributed by atoms with van der Waals surface area (Å²) in [5, 5.41) is 7.50. The molecule has 4 rings (SSSR count). The maximum Gasteiger partial charge on any atom is 0.158 e. The molecule has 0 spiro atoms. The zero-order valence-electron chi connectivity index (χ0n) is 12.5. The minimum Gasteiger partial charge on any atom is -0.387 e. The molecular formula is C17H13Cl2N5.